The Labute approximate surface area is 93.7 Å². The molecule has 0 amide bonds. The van der Waals surface area contributed by atoms with Gasteiger partial charge in [0.15, 0.2) is 0 Å². The third-order valence-electron chi connectivity index (χ3n) is 3.46. The summed E-state index contributed by atoms with van der Waals surface area (Å²) in [4.78, 5) is 0. The highest BCUT2D eigenvalue weighted by Gasteiger charge is 2.27. The van der Waals surface area contributed by atoms with Gasteiger partial charge in [-0.05, 0) is 18.4 Å². The Morgan fingerprint density at radius 3 is 2.27 bits per heavy atom. The lowest BCUT2D eigenvalue weighted by atomic mass is 9.74. The van der Waals surface area contributed by atoms with Crippen LogP contribution in [0.3, 0.4) is 0 Å². The van der Waals surface area contributed by atoms with Crippen molar-refractivity contribution >= 4 is 0 Å². The smallest absolute Gasteiger partial charge is 0.00729 e. The molecule has 2 N–H and O–H groups in total. The van der Waals surface area contributed by atoms with Crippen molar-refractivity contribution in [3.8, 4) is 0 Å². The van der Waals surface area contributed by atoms with Crippen molar-refractivity contribution in [1.29, 1.82) is 0 Å². The summed E-state index contributed by atoms with van der Waals surface area (Å²) in [5.41, 5.74) is 7.60. The zero-order chi connectivity index (χ0) is 11.1. The number of rotatable bonds is 6. The molecule has 1 aromatic carbocycles. The maximum absolute atomic E-state index is 5.99. The average molecular weight is 205 g/mol. The van der Waals surface area contributed by atoms with E-state index in [1.54, 1.807) is 0 Å². The summed E-state index contributed by atoms with van der Waals surface area (Å²) in [6.45, 7) is 5.24. The second kappa shape index (κ2) is 5.92. The van der Waals surface area contributed by atoms with E-state index in [-0.39, 0.29) is 5.41 Å². The first-order valence-electron chi connectivity index (χ1n) is 6.04. The molecule has 84 valence electrons. The predicted molar refractivity (Wildman–Crippen MR) is 67.0 cm³/mol. The third-order valence-corrected chi connectivity index (χ3v) is 3.46. The van der Waals surface area contributed by atoms with Crippen LogP contribution in [0.5, 0.6) is 0 Å². The molecule has 0 bridgehead atoms. The maximum atomic E-state index is 5.99. The molecule has 1 atom stereocenters. The highest BCUT2D eigenvalue weighted by Crippen LogP contribution is 2.32. The maximum Gasteiger partial charge on any atom is 0.00729 e. The Kier molecular flexibility index (Phi) is 4.83. The van der Waals surface area contributed by atoms with Gasteiger partial charge in [0.2, 0.25) is 0 Å². The Bertz CT molecular complexity index is 262. The number of unbranched alkanes of at least 4 members (excludes halogenated alkanes) is 1. The van der Waals surface area contributed by atoms with E-state index in [2.05, 4.69) is 44.2 Å². The van der Waals surface area contributed by atoms with E-state index in [4.69, 9.17) is 5.73 Å². The number of nitrogens with two attached hydrogens (primary N) is 1. The van der Waals surface area contributed by atoms with Crippen molar-refractivity contribution in [2.45, 2.75) is 44.9 Å². The molecule has 1 heteroatoms. The van der Waals surface area contributed by atoms with E-state index in [0.29, 0.717) is 0 Å². The lowest BCUT2D eigenvalue weighted by Crippen LogP contribution is -2.34. The second-order valence-electron chi connectivity index (χ2n) is 4.31. The first kappa shape index (κ1) is 12.3. The minimum atomic E-state index is 0.206. The quantitative estimate of drug-likeness (QED) is 0.756. The van der Waals surface area contributed by atoms with Crippen LogP contribution in [-0.2, 0) is 5.41 Å². The minimum absolute atomic E-state index is 0.206. The van der Waals surface area contributed by atoms with Crippen molar-refractivity contribution in [3.05, 3.63) is 35.9 Å². The molecule has 0 radical (unpaired) electrons. The van der Waals surface area contributed by atoms with Crippen molar-refractivity contribution in [2.24, 2.45) is 5.73 Å². The molecule has 1 aromatic rings. The van der Waals surface area contributed by atoms with Gasteiger partial charge in [-0.2, -0.15) is 0 Å². The molecular weight excluding hydrogens is 182 g/mol. The zero-order valence-corrected chi connectivity index (χ0v) is 10.00. The highest BCUT2D eigenvalue weighted by atomic mass is 14.6. The number of hydrogen-bond donors (Lipinski definition) is 1. The summed E-state index contributed by atoms with van der Waals surface area (Å²) in [5, 5.41) is 0. The molecule has 0 aromatic heterocycles. The molecule has 1 unspecified atom stereocenters. The lowest BCUT2D eigenvalue weighted by molar-refractivity contribution is 0.376. The summed E-state index contributed by atoms with van der Waals surface area (Å²) in [7, 11) is 0. The van der Waals surface area contributed by atoms with Gasteiger partial charge >= 0.3 is 0 Å². The van der Waals surface area contributed by atoms with Gasteiger partial charge in [0.25, 0.3) is 0 Å². The molecule has 15 heavy (non-hydrogen) atoms. The van der Waals surface area contributed by atoms with E-state index in [0.717, 1.165) is 13.0 Å². The van der Waals surface area contributed by atoms with Crippen LogP contribution in [0.2, 0.25) is 0 Å². The fourth-order valence-corrected chi connectivity index (χ4v) is 2.20. The molecule has 0 aliphatic rings. The number of benzene rings is 1. The van der Waals surface area contributed by atoms with Gasteiger partial charge in [-0.15, -0.1) is 0 Å². The van der Waals surface area contributed by atoms with E-state index in [1.807, 2.05) is 0 Å². The van der Waals surface area contributed by atoms with E-state index in [9.17, 15) is 0 Å². The predicted octanol–water partition coefficient (Wildman–Crippen LogP) is 3.48. The van der Waals surface area contributed by atoms with E-state index < -0.39 is 0 Å². The van der Waals surface area contributed by atoms with Gasteiger partial charge in [-0.1, -0.05) is 57.0 Å². The van der Waals surface area contributed by atoms with Crippen LogP contribution in [0.15, 0.2) is 30.3 Å². The van der Waals surface area contributed by atoms with Gasteiger partial charge in [-0.3, -0.25) is 0 Å². The van der Waals surface area contributed by atoms with Crippen molar-refractivity contribution in [1.82, 2.24) is 0 Å². The molecule has 0 fully saturated rings. The van der Waals surface area contributed by atoms with Gasteiger partial charge in [0.1, 0.15) is 0 Å². The molecule has 1 nitrogen and oxygen atoms in total. The first-order valence-corrected chi connectivity index (χ1v) is 6.04. The summed E-state index contributed by atoms with van der Waals surface area (Å²) in [6.07, 6.45) is 4.85. The van der Waals surface area contributed by atoms with E-state index in [1.165, 1.54) is 24.8 Å². The Balaban J connectivity index is 2.89. The summed E-state index contributed by atoms with van der Waals surface area (Å²) < 4.78 is 0. The monoisotopic (exact) mass is 205 g/mol. The average Bonchev–Trinajstić information content (AvgIpc) is 2.33. The van der Waals surface area contributed by atoms with Crippen LogP contribution in [0.25, 0.3) is 0 Å². The fourth-order valence-electron chi connectivity index (χ4n) is 2.20. The first-order chi connectivity index (χ1) is 7.29. The van der Waals surface area contributed by atoms with Crippen LogP contribution in [0.4, 0.5) is 0 Å². The van der Waals surface area contributed by atoms with Crippen LogP contribution in [-0.4, -0.2) is 6.54 Å². The largest absolute Gasteiger partial charge is 0.330 e. The molecule has 0 aliphatic heterocycles. The van der Waals surface area contributed by atoms with Gasteiger partial charge in [0, 0.05) is 12.0 Å². The Morgan fingerprint density at radius 2 is 1.80 bits per heavy atom. The van der Waals surface area contributed by atoms with Crippen molar-refractivity contribution in [3.63, 3.8) is 0 Å². The lowest BCUT2D eigenvalue weighted by Gasteiger charge is -2.32. The Hall–Kier alpha value is -0.820. The molecule has 0 heterocycles. The fraction of sp³-hybridized carbons (Fsp3) is 0.571. The zero-order valence-electron chi connectivity index (χ0n) is 10.00. The van der Waals surface area contributed by atoms with Gasteiger partial charge in [-0.25, -0.2) is 0 Å². The topological polar surface area (TPSA) is 26.0 Å². The normalized spacial score (nSPS) is 14.9. The van der Waals surface area contributed by atoms with Crippen molar-refractivity contribution in [2.75, 3.05) is 6.54 Å². The third kappa shape index (κ3) is 2.82. The molecule has 0 spiro atoms. The Morgan fingerprint density at radius 1 is 1.13 bits per heavy atom. The van der Waals surface area contributed by atoms with Crippen LogP contribution in [0, 0.1) is 0 Å². The highest BCUT2D eigenvalue weighted by molar-refractivity contribution is 5.25. The summed E-state index contributed by atoms with van der Waals surface area (Å²) in [5.74, 6) is 0. The van der Waals surface area contributed by atoms with Crippen LogP contribution >= 0.6 is 0 Å². The van der Waals surface area contributed by atoms with Crippen LogP contribution < -0.4 is 5.73 Å². The standard InChI is InChI=1S/C14H23N/c1-3-5-11-14(4-2,12-15)13-9-7-6-8-10-13/h6-10H,3-5,11-12,15H2,1-2H3. The van der Waals surface area contributed by atoms with Gasteiger partial charge in [0.05, 0.1) is 0 Å². The van der Waals surface area contributed by atoms with E-state index >= 15 is 0 Å². The molecule has 1 rings (SSSR count). The molecule has 0 saturated carbocycles. The molecule has 0 saturated heterocycles. The molecule has 0 aliphatic carbocycles. The van der Waals surface area contributed by atoms with Crippen LogP contribution in [0.1, 0.15) is 45.1 Å². The second-order valence-corrected chi connectivity index (χ2v) is 4.31. The van der Waals surface area contributed by atoms with Gasteiger partial charge < -0.3 is 5.73 Å². The number of hydrogen-bond acceptors (Lipinski definition) is 1. The molecular formula is C14H23N. The minimum Gasteiger partial charge on any atom is -0.330 e. The van der Waals surface area contributed by atoms with Crippen molar-refractivity contribution < 1.29 is 0 Å². The SMILES string of the molecule is CCCCC(CC)(CN)c1ccccc1. The summed E-state index contributed by atoms with van der Waals surface area (Å²) >= 11 is 0. The summed E-state index contributed by atoms with van der Waals surface area (Å²) in [6, 6.07) is 10.7.